The van der Waals surface area contributed by atoms with Crippen molar-refractivity contribution in [3.8, 4) is 11.4 Å². The predicted octanol–water partition coefficient (Wildman–Crippen LogP) is 2.54. The summed E-state index contributed by atoms with van der Waals surface area (Å²) in [6, 6.07) is 7.11. The number of nitrogens with zero attached hydrogens (tertiary/aromatic N) is 2. The molecule has 0 radical (unpaired) electrons. The van der Waals surface area contributed by atoms with Crippen molar-refractivity contribution in [2.75, 3.05) is 7.11 Å². The van der Waals surface area contributed by atoms with Crippen LogP contribution in [-0.4, -0.2) is 28.0 Å². The third-order valence-electron chi connectivity index (χ3n) is 2.53. The largest absolute Gasteiger partial charge is 0.494 e. The van der Waals surface area contributed by atoms with Crippen LogP contribution < -0.4 is 4.74 Å². The number of benzene rings is 1. The summed E-state index contributed by atoms with van der Waals surface area (Å²) in [6.07, 6.45) is 0. The quantitative estimate of drug-likeness (QED) is 0.927. The maximum atomic E-state index is 11.1. The van der Waals surface area contributed by atoms with E-state index in [0.29, 0.717) is 17.1 Å². The highest BCUT2D eigenvalue weighted by atomic mass is 35.5. The fraction of sp³-hybridized carbons (Fsp3) is 0.167. The van der Waals surface area contributed by atoms with E-state index in [-0.39, 0.29) is 10.7 Å². The SMILES string of the molecule is COc1ccccc1-n1nc(C)c(C(=O)O)c1Cl. The number of para-hydroxylation sites is 2. The zero-order chi connectivity index (χ0) is 13.3. The maximum absolute atomic E-state index is 11.1. The molecule has 2 aromatic rings. The van der Waals surface area contributed by atoms with E-state index in [1.54, 1.807) is 25.1 Å². The number of hydrogen-bond acceptors (Lipinski definition) is 3. The van der Waals surface area contributed by atoms with Crippen LogP contribution in [0.3, 0.4) is 0 Å². The highest BCUT2D eigenvalue weighted by molar-refractivity contribution is 6.33. The molecule has 1 aromatic carbocycles. The number of ether oxygens (including phenoxy) is 1. The minimum absolute atomic E-state index is 0.00238. The van der Waals surface area contributed by atoms with Crippen LogP contribution in [0.25, 0.3) is 5.69 Å². The molecule has 0 unspecified atom stereocenters. The molecule has 1 aromatic heterocycles. The number of carbonyl (C=O) groups is 1. The molecule has 0 fully saturated rings. The first-order valence-electron chi connectivity index (χ1n) is 5.18. The van der Waals surface area contributed by atoms with Crippen LogP contribution in [0, 0.1) is 6.92 Å². The second kappa shape index (κ2) is 4.70. The third kappa shape index (κ3) is 1.93. The van der Waals surface area contributed by atoms with E-state index in [4.69, 9.17) is 21.4 Å². The van der Waals surface area contributed by atoms with Gasteiger partial charge in [-0.1, -0.05) is 23.7 Å². The number of methoxy groups -OCH3 is 1. The second-order valence-electron chi connectivity index (χ2n) is 3.64. The monoisotopic (exact) mass is 266 g/mol. The zero-order valence-electron chi connectivity index (χ0n) is 9.85. The van der Waals surface area contributed by atoms with E-state index in [1.165, 1.54) is 11.8 Å². The molecule has 6 heteroatoms. The minimum atomic E-state index is -1.10. The van der Waals surface area contributed by atoms with Gasteiger partial charge in [0.05, 0.1) is 12.8 Å². The van der Waals surface area contributed by atoms with E-state index in [1.807, 2.05) is 6.07 Å². The van der Waals surface area contributed by atoms with Crippen molar-refractivity contribution in [1.29, 1.82) is 0 Å². The van der Waals surface area contributed by atoms with Gasteiger partial charge in [0.15, 0.2) is 0 Å². The van der Waals surface area contributed by atoms with E-state index < -0.39 is 5.97 Å². The highest BCUT2D eigenvalue weighted by Gasteiger charge is 2.21. The van der Waals surface area contributed by atoms with Crippen LogP contribution >= 0.6 is 11.6 Å². The summed E-state index contributed by atoms with van der Waals surface area (Å²) in [5, 5.41) is 13.3. The van der Waals surface area contributed by atoms with E-state index in [0.717, 1.165) is 0 Å². The molecule has 1 N–H and O–H groups in total. The van der Waals surface area contributed by atoms with Crippen LogP contribution in [0.4, 0.5) is 0 Å². The Morgan fingerprint density at radius 3 is 2.67 bits per heavy atom. The van der Waals surface area contributed by atoms with Crippen molar-refractivity contribution >= 4 is 17.6 Å². The van der Waals surface area contributed by atoms with Gasteiger partial charge in [0.1, 0.15) is 22.2 Å². The Kier molecular flexibility index (Phi) is 3.25. The molecule has 0 aliphatic rings. The standard InChI is InChI=1S/C12H11ClN2O3/c1-7-10(12(16)17)11(13)15(14-7)8-5-3-4-6-9(8)18-2/h3-6H,1-2H3,(H,16,17). The summed E-state index contributed by atoms with van der Waals surface area (Å²) in [5.74, 6) is -0.530. The van der Waals surface area contributed by atoms with E-state index in [9.17, 15) is 4.79 Å². The lowest BCUT2D eigenvalue weighted by Gasteiger charge is -2.08. The Hall–Kier alpha value is -2.01. The van der Waals surface area contributed by atoms with Crippen LogP contribution in [0.5, 0.6) is 5.75 Å². The van der Waals surface area contributed by atoms with Crippen LogP contribution in [-0.2, 0) is 0 Å². The third-order valence-corrected chi connectivity index (χ3v) is 2.88. The van der Waals surface area contributed by atoms with Gasteiger partial charge in [-0.3, -0.25) is 0 Å². The average molecular weight is 267 g/mol. The number of carboxylic acids is 1. The number of carboxylic acid groups (broad SMARTS) is 1. The predicted molar refractivity (Wildman–Crippen MR) is 66.8 cm³/mol. The van der Waals surface area contributed by atoms with Crippen LogP contribution in [0.1, 0.15) is 16.1 Å². The maximum Gasteiger partial charge on any atom is 0.340 e. The number of rotatable bonds is 3. The Bertz CT molecular complexity index is 607. The summed E-state index contributed by atoms with van der Waals surface area (Å²) in [6.45, 7) is 1.60. The summed E-state index contributed by atoms with van der Waals surface area (Å²) in [5.41, 5.74) is 0.960. The van der Waals surface area contributed by atoms with Crippen molar-refractivity contribution in [3.63, 3.8) is 0 Å². The topological polar surface area (TPSA) is 64.4 Å². The minimum Gasteiger partial charge on any atom is -0.494 e. The molecule has 0 atom stereocenters. The van der Waals surface area contributed by atoms with Crippen LogP contribution in [0.2, 0.25) is 5.15 Å². The molecule has 0 amide bonds. The molecule has 0 saturated carbocycles. The van der Waals surface area contributed by atoms with Gasteiger partial charge in [-0.05, 0) is 19.1 Å². The van der Waals surface area contributed by atoms with Crippen LogP contribution in [0.15, 0.2) is 24.3 Å². The first-order valence-corrected chi connectivity index (χ1v) is 5.56. The Balaban J connectivity index is 2.65. The lowest BCUT2D eigenvalue weighted by molar-refractivity contribution is 0.0696. The first-order chi connectivity index (χ1) is 8.56. The van der Waals surface area contributed by atoms with Gasteiger partial charge in [-0.25, -0.2) is 9.48 Å². The van der Waals surface area contributed by atoms with Gasteiger partial charge in [0.25, 0.3) is 0 Å². The molecule has 0 aliphatic heterocycles. The zero-order valence-corrected chi connectivity index (χ0v) is 10.6. The van der Waals surface area contributed by atoms with Gasteiger partial charge in [-0.2, -0.15) is 5.10 Å². The number of aromatic carboxylic acids is 1. The fourth-order valence-electron chi connectivity index (χ4n) is 1.71. The molecular weight excluding hydrogens is 256 g/mol. The van der Waals surface area contributed by atoms with Crippen molar-refractivity contribution in [1.82, 2.24) is 9.78 Å². The summed E-state index contributed by atoms with van der Waals surface area (Å²) in [7, 11) is 1.53. The summed E-state index contributed by atoms with van der Waals surface area (Å²) in [4.78, 5) is 11.1. The van der Waals surface area contributed by atoms with Crippen molar-refractivity contribution < 1.29 is 14.6 Å². The first kappa shape index (κ1) is 12.4. The normalized spacial score (nSPS) is 10.4. The van der Waals surface area contributed by atoms with Gasteiger partial charge in [0, 0.05) is 0 Å². The Labute approximate surface area is 109 Å². The van der Waals surface area contributed by atoms with Crippen molar-refractivity contribution in [3.05, 3.63) is 40.7 Å². The molecule has 1 heterocycles. The molecule has 0 saturated heterocycles. The summed E-state index contributed by atoms with van der Waals surface area (Å²) >= 11 is 6.05. The summed E-state index contributed by atoms with van der Waals surface area (Å²) < 4.78 is 6.56. The molecule has 5 nitrogen and oxygen atoms in total. The molecular formula is C12H11ClN2O3. The second-order valence-corrected chi connectivity index (χ2v) is 4.00. The van der Waals surface area contributed by atoms with Crippen molar-refractivity contribution in [2.45, 2.75) is 6.92 Å². The lowest BCUT2D eigenvalue weighted by Crippen LogP contribution is -2.01. The molecule has 18 heavy (non-hydrogen) atoms. The number of aromatic nitrogens is 2. The Morgan fingerprint density at radius 1 is 1.44 bits per heavy atom. The number of halogens is 1. The molecule has 0 bridgehead atoms. The number of hydrogen-bond donors (Lipinski definition) is 1. The fourth-order valence-corrected chi connectivity index (χ4v) is 2.05. The van der Waals surface area contributed by atoms with Gasteiger partial charge < -0.3 is 9.84 Å². The molecule has 94 valence electrons. The molecule has 2 rings (SSSR count). The van der Waals surface area contributed by atoms with Crippen molar-refractivity contribution in [2.24, 2.45) is 0 Å². The lowest BCUT2D eigenvalue weighted by atomic mass is 10.2. The van der Waals surface area contributed by atoms with Gasteiger partial charge in [-0.15, -0.1) is 0 Å². The Morgan fingerprint density at radius 2 is 2.11 bits per heavy atom. The smallest absolute Gasteiger partial charge is 0.340 e. The van der Waals surface area contributed by atoms with E-state index in [2.05, 4.69) is 5.10 Å². The average Bonchev–Trinajstić information content (AvgIpc) is 2.64. The molecule has 0 aliphatic carbocycles. The van der Waals surface area contributed by atoms with E-state index >= 15 is 0 Å². The number of aryl methyl sites for hydroxylation is 1. The van der Waals surface area contributed by atoms with Gasteiger partial charge in [0.2, 0.25) is 0 Å². The molecule has 0 spiro atoms. The van der Waals surface area contributed by atoms with Gasteiger partial charge >= 0.3 is 5.97 Å². The highest BCUT2D eigenvalue weighted by Crippen LogP contribution is 2.28.